The molecule has 1 aromatic carbocycles. The third-order valence-electron chi connectivity index (χ3n) is 2.54. The van der Waals surface area contributed by atoms with Crippen LogP contribution >= 0.6 is 15.9 Å². The minimum atomic E-state index is -0.229. The van der Waals surface area contributed by atoms with E-state index in [1.54, 1.807) is 13.2 Å². The van der Waals surface area contributed by atoms with Crippen molar-refractivity contribution in [3.8, 4) is 0 Å². The molecule has 2 unspecified atom stereocenters. The average Bonchev–Trinajstić information content (AvgIpc) is 2.25. The topological polar surface area (TPSA) is 21.3 Å². The minimum absolute atomic E-state index is 0.160. The smallest absolute Gasteiger partial charge is 0.124 e. The molecule has 0 saturated carbocycles. The second-order valence-corrected chi connectivity index (χ2v) is 4.70. The molecule has 0 aliphatic rings. The predicted molar refractivity (Wildman–Crippen MR) is 67.0 cm³/mol. The third kappa shape index (κ3) is 3.85. The van der Waals surface area contributed by atoms with Crippen LogP contribution < -0.4 is 5.32 Å². The Morgan fingerprint density at radius 3 is 2.69 bits per heavy atom. The van der Waals surface area contributed by atoms with E-state index in [9.17, 15) is 4.39 Å². The summed E-state index contributed by atoms with van der Waals surface area (Å²) in [6.07, 6.45) is 0.168. The maximum Gasteiger partial charge on any atom is 0.124 e. The summed E-state index contributed by atoms with van der Waals surface area (Å²) >= 11 is 3.36. The molecule has 1 rings (SSSR count). The van der Waals surface area contributed by atoms with E-state index in [1.165, 1.54) is 12.1 Å². The molecular weight excluding hydrogens is 273 g/mol. The summed E-state index contributed by atoms with van der Waals surface area (Å²) in [6.45, 7) is 4.81. The molecule has 0 aromatic heterocycles. The first-order valence-electron chi connectivity index (χ1n) is 5.25. The van der Waals surface area contributed by atoms with Crippen LogP contribution in [-0.2, 0) is 4.74 Å². The highest BCUT2D eigenvalue weighted by Gasteiger charge is 2.10. The lowest BCUT2D eigenvalue weighted by Gasteiger charge is -2.18. The Balaban J connectivity index is 2.62. The van der Waals surface area contributed by atoms with Crippen molar-refractivity contribution in [1.29, 1.82) is 0 Å². The molecule has 0 aliphatic heterocycles. The Morgan fingerprint density at radius 1 is 1.44 bits per heavy atom. The molecule has 0 spiro atoms. The molecule has 2 atom stereocenters. The largest absolute Gasteiger partial charge is 0.380 e. The van der Waals surface area contributed by atoms with Gasteiger partial charge in [0.25, 0.3) is 0 Å². The maximum atomic E-state index is 12.9. The first-order valence-corrected chi connectivity index (χ1v) is 6.05. The van der Waals surface area contributed by atoms with Gasteiger partial charge in [0.05, 0.1) is 6.10 Å². The van der Waals surface area contributed by atoms with Gasteiger partial charge in [-0.3, -0.25) is 0 Å². The summed E-state index contributed by atoms with van der Waals surface area (Å²) in [5, 5.41) is 3.33. The average molecular weight is 290 g/mol. The lowest BCUT2D eigenvalue weighted by atomic mass is 10.1. The molecule has 90 valence electrons. The van der Waals surface area contributed by atoms with Crippen molar-refractivity contribution in [3.05, 3.63) is 34.1 Å². The summed E-state index contributed by atoms with van der Waals surface area (Å²) < 4.78 is 18.9. The number of rotatable bonds is 5. The quantitative estimate of drug-likeness (QED) is 0.898. The van der Waals surface area contributed by atoms with Crippen LogP contribution in [0.4, 0.5) is 4.39 Å². The van der Waals surface area contributed by atoms with Gasteiger partial charge < -0.3 is 10.1 Å². The summed E-state index contributed by atoms with van der Waals surface area (Å²) in [5.41, 5.74) is 1.05. The van der Waals surface area contributed by atoms with Gasteiger partial charge in [0.2, 0.25) is 0 Å². The molecule has 4 heteroatoms. The third-order valence-corrected chi connectivity index (χ3v) is 3.23. The first-order chi connectivity index (χ1) is 7.54. The zero-order valence-electron chi connectivity index (χ0n) is 9.76. The van der Waals surface area contributed by atoms with Crippen LogP contribution in [0.1, 0.15) is 25.5 Å². The van der Waals surface area contributed by atoms with Gasteiger partial charge in [0.1, 0.15) is 5.82 Å². The Labute approximate surface area is 104 Å². The zero-order valence-corrected chi connectivity index (χ0v) is 11.3. The van der Waals surface area contributed by atoms with Crippen LogP contribution in [-0.4, -0.2) is 19.8 Å². The Morgan fingerprint density at radius 2 is 2.12 bits per heavy atom. The minimum Gasteiger partial charge on any atom is -0.380 e. The van der Waals surface area contributed by atoms with Crippen molar-refractivity contribution in [2.45, 2.75) is 26.0 Å². The lowest BCUT2D eigenvalue weighted by Crippen LogP contribution is -2.28. The van der Waals surface area contributed by atoms with Crippen molar-refractivity contribution in [1.82, 2.24) is 5.32 Å². The summed E-state index contributed by atoms with van der Waals surface area (Å²) in [5.74, 6) is -0.229. The lowest BCUT2D eigenvalue weighted by molar-refractivity contribution is 0.115. The molecule has 0 bridgehead atoms. The Bertz CT molecular complexity index is 346. The van der Waals surface area contributed by atoms with Crippen LogP contribution in [0.2, 0.25) is 0 Å². The van der Waals surface area contributed by atoms with Crippen molar-refractivity contribution in [2.75, 3.05) is 13.7 Å². The van der Waals surface area contributed by atoms with Gasteiger partial charge in [-0.1, -0.05) is 22.0 Å². The summed E-state index contributed by atoms with van der Waals surface area (Å²) in [7, 11) is 1.69. The Kier molecular flexibility index (Phi) is 5.38. The van der Waals surface area contributed by atoms with E-state index in [-0.39, 0.29) is 18.0 Å². The van der Waals surface area contributed by atoms with Gasteiger partial charge in [0, 0.05) is 24.2 Å². The number of hydrogen-bond acceptors (Lipinski definition) is 2. The molecule has 0 amide bonds. The number of nitrogens with one attached hydrogen (secondary N) is 1. The normalized spacial score (nSPS) is 14.8. The molecule has 0 heterocycles. The molecule has 16 heavy (non-hydrogen) atoms. The van der Waals surface area contributed by atoms with Crippen molar-refractivity contribution in [2.24, 2.45) is 0 Å². The number of ether oxygens (including phenoxy) is 1. The van der Waals surface area contributed by atoms with Crippen LogP contribution in [0.15, 0.2) is 22.7 Å². The highest BCUT2D eigenvalue weighted by Crippen LogP contribution is 2.24. The molecule has 0 saturated heterocycles. The number of methoxy groups -OCH3 is 1. The standard InChI is InChI=1S/C12H17BrFNO/c1-8(16-3)7-15-9(2)11-5-4-10(14)6-12(11)13/h4-6,8-9,15H,7H2,1-3H3. The number of benzene rings is 1. The van der Waals surface area contributed by atoms with Gasteiger partial charge in [-0.15, -0.1) is 0 Å². The first kappa shape index (κ1) is 13.6. The van der Waals surface area contributed by atoms with E-state index in [0.29, 0.717) is 0 Å². The van der Waals surface area contributed by atoms with Gasteiger partial charge in [-0.2, -0.15) is 0 Å². The highest BCUT2D eigenvalue weighted by molar-refractivity contribution is 9.10. The fourth-order valence-electron chi connectivity index (χ4n) is 1.39. The molecular formula is C12H17BrFNO. The molecule has 0 fully saturated rings. The SMILES string of the molecule is COC(C)CNC(C)c1ccc(F)cc1Br. The van der Waals surface area contributed by atoms with E-state index >= 15 is 0 Å². The van der Waals surface area contributed by atoms with Crippen LogP contribution in [0.5, 0.6) is 0 Å². The van der Waals surface area contributed by atoms with Gasteiger partial charge >= 0.3 is 0 Å². The summed E-state index contributed by atoms with van der Waals surface area (Å²) in [6, 6.07) is 4.90. The molecule has 2 nitrogen and oxygen atoms in total. The second kappa shape index (κ2) is 6.33. The van der Waals surface area contributed by atoms with E-state index < -0.39 is 0 Å². The van der Waals surface area contributed by atoms with Gasteiger partial charge in [0.15, 0.2) is 0 Å². The fraction of sp³-hybridized carbons (Fsp3) is 0.500. The monoisotopic (exact) mass is 289 g/mol. The van der Waals surface area contributed by atoms with E-state index in [1.807, 2.05) is 13.8 Å². The van der Waals surface area contributed by atoms with Crippen molar-refractivity contribution < 1.29 is 9.13 Å². The molecule has 1 N–H and O–H groups in total. The highest BCUT2D eigenvalue weighted by atomic mass is 79.9. The van der Waals surface area contributed by atoms with Crippen LogP contribution in [0, 0.1) is 5.82 Å². The zero-order chi connectivity index (χ0) is 12.1. The number of hydrogen-bond donors (Lipinski definition) is 1. The van der Waals surface area contributed by atoms with Gasteiger partial charge in [-0.05, 0) is 31.5 Å². The molecule has 0 radical (unpaired) electrons. The van der Waals surface area contributed by atoms with E-state index in [2.05, 4.69) is 21.2 Å². The van der Waals surface area contributed by atoms with E-state index in [0.717, 1.165) is 16.6 Å². The molecule has 0 aliphatic carbocycles. The van der Waals surface area contributed by atoms with Gasteiger partial charge in [-0.25, -0.2) is 4.39 Å². The Hall–Kier alpha value is -0.450. The van der Waals surface area contributed by atoms with Crippen LogP contribution in [0.3, 0.4) is 0 Å². The predicted octanol–water partition coefficient (Wildman–Crippen LogP) is 3.27. The number of halogens is 2. The second-order valence-electron chi connectivity index (χ2n) is 3.84. The van der Waals surface area contributed by atoms with Crippen molar-refractivity contribution >= 4 is 15.9 Å². The van der Waals surface area contributed by atoms with E-state index in [4.69, 9.17) is 4.74 Å². The van der Waals surface area contributed by atoms with Crippen molar-refractivity contribution in [3.63, 3.8) is 0 Å². The maximum absolute atomic E-state index is 12.9. The van der Waals surface area contributed by atoms with Crippen LogP contribution in [0.25, 0.3) is 0 Å². The summed E-state index contributed by atoms with van der Waals surface area (Å²) in [4.78, 5) is 0. The molecule has 1 aromatic rings. The fourth-order valence-corrected chi connectivity index (χ4v) is 2.08.